The fourth-order valence-corrected chi connectivity index (χ4v) is 3.25. The summed E-state index contributed by atoms with van der Waals surface area (Å²) in [7, 11) is 0. The smallest absolute Gasteiger partial charge is 0.378 e. The zero-order valence-corrected chi connectivity index (χ0v) is 11.2. The maximum absolute atomic E-state index is 11.5. The number of esters is 1. The fraction of sp³-hybridized carbons (Fsp3) is 0.769. The Morgan fingerprint density at radius 1 is 1.42 bits per heavy atom. The number of ether oxygens (including phenoxy) is 1. The number of hydrogen-bond donors (Lipinski definition) is 2. The summed E-state index contributed by atoms with van der Waals surface area (Å²) in [5.74, 6) is 1.18. The molecule has 2 heterocycles. The SMILES string of the molecule is CCOC(=O)c1n[nH]c(C2CC3CCCCC3N2)n1. The van der Waals surface area contributed by atoms with Crippen molar-refractivity contribution >= 4 is 5.97 Å². The van der Waals surface area contributed by atoms with Gasteiger partial charge in [0.1, 0.15) is 5.82 Å². The molecule has 1 aromatic rings. The second-order valence-corrected chi connectivity index (χ2v) is 5.37. The van der Waals surface area contributed by atoms with Gasteiger partial charge in [0.05, 0.1) is 12.6 Å². The van der Waals surface area contributed by atoms with Gasteiger partial charge in [0.25, 0.3) is 5.82 Å². The third kappa shape index (κ3) is 2.49. The van der Waals surface area contributed by atoms with Crippen molar-refractivity contribution in [1.82, 2.24) is 20.5 Å². The number of aromatic amines is 1. The molecular weight excluding hydrogens is 244 g/mol. The van der Waals surface area contributed by atoms with Gasteiger partial charge in [0.2, 0.25) is 0 Å². The van der Waals surface area contributed by atoms with Crippen LogP contribution in [0.4, 0.5) is 0 Å². The van der Waals surface area contributed by atoms with E-state index in [9.17, 15) is 4.79 Å². The average Bonchev–Trinajstić information content (AvgIpc) is 3.05. The van der Waals surface area contributed by atoms with Crippen LogP contribution in [0.1, 0.15) is 61.5 Å². The van der Waals surface area contributed by atoms with Crippen LogP contribution in [-0.4, -0.2) is 33.8 Å². The highest BCUT2D eigenvalue weighted by Crippen LogP contribution is 2.38. The van der Waals surface area contributed by atoms with E-state index >= 15 is 0 Å². The van der Waals surface area contributed by atoms with Crippen LogP contribution in [0.15, 0.2) is 0 Å². The molecule has 19 heavy (non-hydrogen) atoms. The molecule has 2 N–H and O–H groups in total. The Bertz CT molecular complexity index is 445. The molecule has 0 aromatic carbocycles. The van der Waals surface area contributed by atoms with Gasteiger partial charge in [-0.1, -0.05) is 12.8 Å². The summed E-state index contributed by atoms with van der Waals surface area (Å²) in [6.07, 6.45) is 6.28. The zero-order chi connectivity index (χ0) is 13.2. The van der Waals surface area contributed by atoms with Crippen molar-refractivity contribution in [2.24, 2.45) is 5.92 Å². The minimum atomic E-state index is -0.458. The number of carbonyl (C=O) groups is 1. The predicted molar refractivity (Wildman–Crippen MR) is 68.6 cm³/mol. The number of fused-ring (bicyclic) bond motifs is 1. The first kappa shape index (κ1) is 12.6. The molecule has 3 atom stereocenters. The number of nitrogens with zero attached hydrogens (tertiary/aromatic N) is 2. The van der Waals surface area contributed by atoms with Crippen molar-refractivity contribution in [1.29, 1.82) is 0 Å². The monoisotopic (exact) mass is 264 g/mol. The van der Waals surface area contributed by atoms with E-state index < -0.39 is 5.97 Å². The molecule has 0 amide bonds. The third-order valence-corrected chi connectivity index (χ3v) is 4.15. The Balaban J connectivity index is 1.68. The maximum Gasteiger partial charge on any atom is 0.378 e. The van der Waals surface area contributed by atoms with Crippen LogP contribution in [0.25, 0.3) is 0 Å². The van der Waals surface area contributed by atoms with E-state index in [4.69, 9.17) is 4.74 Å². The summed E-state index contributed by atoms with van der Waals surface area (Å²) >= 11 is 0. The second kappa shape index (κ2) is 5.28. The molecule has 3 unspecified atom stereocenters. The molecule has 104 valence electrons. The lowest BCUT2D eigenvalue weighted by Crippen LogP contribution is -2.30. The topological polar surface area (TPSA) is 79.9 Å². The number of aromatic nitrogens is 3. The Hall–Kier alpha value is -1.43. The van der Waals surface area contributed by atoms with Gasteiger partial charge in [-0.3, -0.25) is 5.10 Å². The molecule has 0 radical (unpaired) electrons. The molecule has 1 saturated carbocycles. The van der Waals surface area contributed by atoms with E-state index in [0.717, 1.165) is 18.2 Å². The van der Waals surface area contributed by atoms with Gasteiger partial charge in [-0.25, -0.2) is 9.78 Å². The van der Waals surface area contributed by atoms with E-state index in [1.807, 2.05) is 0 Å². The van der Waals surface area contributed by atoms with E-state index in [-0.39, 0.29) is 11.9 Å². The number of nitrogens with one attached hydrogen (secondary N) is 2. The number of H-pyrrole nitrogens is 1. The highest BCUT2D eigenvalue weighted by molar-refractivity contribution is 5.84. The van der Waals surface area contributed by atoms with Crippen LogP contribution >= 0.6 is 0 Å². The Labute approximate surface area is 112 Å². The molecule has 0 spiro atoms. The van der Waals surface area contributed by atoms with Crippen LogP contribution in [0.2, 0.25) is 0 Å². The van der Waals surface area contributed by atoms with Gasteiger partial charge >= 0.3 is 5.97 Å². The number of rotatable bonds is 3. The van der Waals surface area contributed by atoms with Crippen LogP contribution < -0.4 is 5.32 Å². The molecule has 2 fully saturated rings. The fourth-order valence-electron chi connectivity index (χ4n) is 3.25. The van der Waals surface area contributed by atoms with Crippen LogP contribution in [0, 0.1) is 5.92 Å². The molecule has 6 nitrogen and oxygen atoms in total. The van der Waals surface area contributed by atoms with Crippen molar-refractivity contribution in [3.8, 4) is 0 Å². The van der Waals surface area contributed by atoms with Crippen molar-refractivity contribution in [2.45, 2.75) is 51.1 Å². The quantitative estimate of drug-likeness (QED) is 0.810. The summed E-state index contributed by atoms with van der Waals surface area (Å²) in [6, 6.07) is 0.804. The van der Waals surface area contributed by atoms with Crippen LogP contribution in [-0.2, 0) is 4.74 Å². The molecule has 2 aliphatic rings. The third-order valence-electron chi connectivity index (χ3n) is 4.15. The lowest BCUT2D eigenvalue weighted by Gasteiger charge is -2.24. The van der Waals surface area contributed by atoms with Gasteiger partial charge in [-0.05, 0) is 32.1 Å². The summed E-state index contributed by atoms with van der Waals surface area (Å²) < 4.78 is 4.89. The van der Waals surface area contributed by atoms with Gasteiger partial charge in [0.15, 0.2) is 0 Å². The van der Waals surface area contributed by atoms with Crippen molar-refractivity contribution < 1.29 is 9.53 Å². The minimum Gasteiger partial charge on any atom is -0.460 e. The first-order valence-corrected chi connectivity index (χ1v) is 7.13. The van der Waals surface area contributed by atoms with Gasteiger partial charge < -0.3 is 10.1 Å². The van der Waals surface area contributed by atoms with Gasteiger partial charge in [0, 0.05) is 6.04 Å². The van der Waals surface area contributed by atoms with Gasteiger partial charge in [-0.2, -0.15) is 0 Å². The first-order valence-electron chi connectivity index (χ1n) is 7.13. The van der Waals surface area contributed by atoms with E-state index in [1.54, 1.807) is 6.92 Å². The summed E-state index contributed by atoms with van der Waals surface area (Å²) in [5, 5.41) is 10.4. The standard InChI is InChI=1S/C13H20N4O2/c1-2-19-13(18)12-15-11(16-17-12)10-7-8-5-3-4-6-9(8)14-10/h8-10,14H,2-7H2,1H3,(H,15,16,17). The molecule has 1 aliphatic heterocycles. The predicted octanol–water partition coefficient (Wildman–Crippen LogP) is 1.57. The largest absolute Gasteiger partial charge is 0.460 e. The lowest BCUT2D eigenvalue weighted by atomic mass is 9.85. The summed E-state index contributed by atoms with van der Waals surface area (Å²) in [5.41, 5.74) is 0. The zero-order valence-electron chi connectivity index (χ0n) is 11.2. The molecule has 3 rings (SSSR count). The average molecular weight is 264 g/mol. The minimum absolute atomic E-state index is 0.133. The number of carbonyl (C=O) groups excluding carboxylic acids is 1. The highest BCUT2D eigenvalue weighted by atomic mass is 16.5. The Morgan fingerprint density at radius 3 is 3.05 bits per heavy atom. The van der Waals surface area contributed by atoms with Crippen LogP contribution in [0.5, 0.6) is 0 Å². The van der Waals surface area contributed by atoms with Crippen molar-refractivity contribution in [3.63, 3.8) is 0 Å². The first-order chi connectivity index (χ1) is 9.28. The van der Waals surface area contributed by atoms with E-state index in [1.165, 1.54) is 25.7 Å². The van der Waals surface area contributed by atoms with E-state index in [0.29, 0.717) is 12.6 Å². The molecule has 1 saturated heterocycles. The molecule has 6 heteroatoms. The van der Waals surface area contributed by atoms with E-state index in [2.05, 4.69) is 20.5 Å². The molecule has 1 aromatic heterocycles. The highest BCUT2D eigenvalue weighted by Gasteiger charge is 2.37. The summed E-state index contributed by atoms with van der Waals surface area (Å²) in [4.78, 5) is 15.8. The molecule has 1 aliphatic carbocycles. The van der Waals surface area contributed by atoms with Gasteiger partial charge in [-0.15, -0.1) is 5.10 Å². The molecular formula is C13H20N4O2. The Kier molecular flexibility index (Phi) is 3.50. The number of hydrogen-bond acceptors (Lipinski definition) is 5. The molecule has 0 bridgehead atoms. The second-order valence-electron chi connectivity index (χ2n) is 5.37. The summed E-state index contributed by atoms with van der Waals surface area (Å²) in [6.45, 7) is 2.11. The van der Waals surface area contributed by atoms with Crippen LogP contribution in [0.3, 0.4) is 0 Å². The van der Waals surface area contributed by atoms with Crippen molar-refractivity contribution in [2.75, 3.05) is 6.61 Å². The lowest BCUT2D eigenvalue weighted by molar-refractivity contribution is 0.0512. The maximum atomic E-state index is 11.5. The normalized spacial score (nSPS) is 30.1. The van der Waals surface area contributed by atoms with Crippen molar-refractivity contribution in [3.05, 3.63) is 11.6 Å². The Morgan fingerprint density at radius 2 is 2.26 bits per heavy atom.